The molecule has 0 unspecified atom stereocenters. The number of methoxy groups -OCH3 is 1. The summed E-state index contributed by atoms with van der Waals surface area (Å²) in [4.78, 5) is 11.4. The van der Waals surface area contributed by atoms with Crippen molar-refractivity contribution in [3.8, 4) is 0 Å². The zero-order chi connectivity index (χ0) is 15.7. The molecule has 1 rings (SSSR count). The fourth-order valence-electron chi connectivity index (χ4n) is 1.40. The minimum Gasteiger partial charge on any atom is -0.407 e. The molecule has 0 atom stereocenters. The van der Waals surface area contributed by atoms with Gasteiger partial charge in [0.05, 0.1) is 13.2 Å². The SMILES string of the molecule is COCCNC(=O)CCNc1nnc(CNC(C)(C)C)o1. The van der Waals surface area contributed by atoms with E-state index in [9.17, 15) is 4.79 Å². The molecule has 21 heavy (non-hydrogen) atoms. The van der Waals surface area contributed by atoms with E-state index in [2.05, 4.69) is 46.9 Å². The molecule has 0 bridgehead atoms. The standard InChI is InChI=1S/C13H25N5O3/c1-13(2,3)16-9-11-17-18-12(21-11)15-6-5-10(19)14-7-8-20-4/h16H,5-9H2,1-4H3,(H,14,19)(H,15,18). The maximum absolute atomic E-state index is 11.4. The molecule has 8 heteroatoms. The van der Waals surface area contributed by atoms with Crippen molar-refractivity contribution in [1.29, 1.82) is 0 Å². The van der Waals surface area contributed by atoms with E-state index in [0.717, 1.165) is 0 Å². The number of aromatic nitrogens is 2. The van der Waals surface area contributed by atoms with Crippen LogP contribution in [-0.2, 0) is 16.1 Å². The first-order valence-corrected chi connectivity index (χ1v) is 6.97. The number of nitrogens with zero attached hydrogens (tertiary/aromatic N) is 2. The summed E-state index contributed by atoms with van der Waals surface area (Å²) >= 11 is 0. The van der Waals surface area contributed by atoms with Crippen LogP contribution in [0.2, 0.25) is 0 Å². The summed E-state index contributed by atoms with van der Waals surface area (Å²) in [5.41, 5.74) is -0.0116. The molecular weight excluding hydrogens is 274 g/mol. The van der Waals surface area contributed by atoms with Crippen molar-refractivity contribution >= 4 is 11.9 Å². The van der Waals surface area contributed by atoms with E-state index in [-0.39, 0.29) is 11.4 Å². The number of rotatable bonds is 9. The molecule has 8 nitrogen and oxygen atoms in total. The highest BCUT2D eigenvalue weighted by molar-refractivity contribution is 5.76. The fraction of sp³-hybridized carbons (Fsp3) is 0.769. The smallest absolute Gasteiger partial charge is 0.315 e. The lowest BCUT2D eigenvalue weighted by molar-refractivity contribution is -0.121. The second-order valence-corrected chi connectivity index (χ2v) is 5.62. The third-order valence-electron chi connectivity index (χ3n) is 2.49. The summed E-state index contributed by atoms with van der Waals surface area (Å²) in [6, 6.07) is 0.324. The van der Waals surface area contributed by atoms with Crippen molar-refractivity contribution < 1.29 is 13.9 Å². The van der Waals surface area contributed by atoms with Crippen LogP contribution in [0.4, 0.5) is 6.01 Å². The van der Waals surface area contributed by atoms with Gasteiger partial charge in [-0.1, -0.05) is 5.10 Å². The number of carbonyl (C=O) groups excluding carboxylic acids is 1. The van der Waals surface area contributed by atoms with Crippen LogP contribution in [0.15, 0.2) is 4.42 Å². The molecule has 3 N–H and O–H groups in total. The van der Waals surface area contributed by atoms with Gasteiger partial charge in [-0.05, 0) is 20.8 Å². The molecule has 0 aliphatic rings. The molecule has 120 valence electrons. The second-order valence-electron chi connectivity index (χ2n) is 5.62. The minimum atomic E-state index is -0.0475. The Morgan fingerprint density at radius 2 is 2.05 bits per heavy atom. The molecule has 0 spiro atoms. The monoisotopic (exact) mass is 299 g/mol. The zero-order valence-corrected chi connectivity index (χ0v) is 13.2. The van der Waals surface area contributed by atoms with Gasteiger partial charge in [-0.15, -0.1) is 5.10 Å². The predicted octanol–water partition coefficient (Wildman–Crippen LogP) is 0.522. The van der Waals surface area contributed by atoms with Crippen molar-refractivity contribution in [1.82, 2.24) is 20.8 Å². The summed E-state index contributed by atoms with van der Waals surface area (Å²) in [7, 11) is 1.59. The number of anilines is 1. The Morgan fingerprint density at radius 1 is 1.29 bits per heavy atom. The van der Waals surface area contributed by atoms with Gasteiger partial charge in [-0.25, -0.2) is 0 Å². The molecule has 0 aromatic carbocycles. The molecule has 1 amide bonds. The van der Waals surface area contributed by atoms with Crippen LogP contribution in [0, 0.1) is 0 Å². The van der Waals surface area contributed by atoms with E-state index in [1.807, 2.05) is 0 Å². The number of nitrogens with one attached hydrogen (secondary N) is 3. The van der Waals surface area contributed by atoms with Crippen LogP contribution in [0.3, 0.4) is 0 Å². The second kappa shape index (κ2) is 8.58. The highest BCUT2D eigenvalue weighted by atomic mass is 16.5. The Morgan fingerprint density at radius 3 is 2.71 bits per heavy atom. The Balaban J connectivity index is 2.21. The molecule has 0 saturated carbocycles. The molecule has 1 heterocycles. The van der Waals surface area contributed by atoms with Crippen molar-refractivity contribution in [3.05, 3.63) is 5.89 Å². The van der Waals surface area contributed by atoms with Crippen LogP contribution in [0.5, 0.6) is 0 Å². The summed E-state index contributed by atoms with van der Waals surface area (Å²) in [5, 5.41) is 16.7. The summed E-state index contributed by atoms with van der Waals surface area (Å²) in [6.45, 7) is 8.15. The highest BCUT2D eigenvalue weighted by Gasteiger charge is 2.12. The van der Waals surface area contributed by atoms with Gasteiger partial charge in [0.1, 0.15) is 0 Å². The first kappa shape index (κ1) is 17.4. The van der Waals surface area contributed by atoms with E-state index in [1.54, 1.807) is 7.11 Å². The van der Waals surface area contributed by atoms with E-state index >= 15 is 0 Å². The zero-order valence-electron chi connectivity index (χ0n) is 13.2. The van der Waals surface area contributed by atoms with Crippen molar-refractivity contribution in [2.45, 2.75) is 39.3 Å². The van der Waals surface area contributed by atoms with Crippen molar-refractivity contribution in [2.24, 2.45) is 0 Å². The van der Waals surface area contributed by atoms with E-state index < -0.39 is 0 Å². The molecule has 0 saturated heterocycles. The lowest BCUT2D eigenvalue weighted by Crippen LogP contribution is -2.35. The lowest BCUT2D eigenvalue weighted by Gasteiger charge is -2.18. The highest BCUT2D eigenvalue weighted by Crippen LogP contribution is 2.07. The van der Waals surface area contributed by atoms with Gasteiger partial charge in [0, 0.05) is 32.2 Å². The van der Waals surface area contributed by atoms with Crippen LogP contribution < -0.4 is 16.0 Å². The fourth-order valence-corrected chi connectivity index (χ4v) is 1.40. The number of amides is 1. The first-order chi connectivity index (χ1) is 9.90. The normalized spacial score (nSPS) is 11.4. The van der Waals surface area contributed by atoms with Crippen molar-refractivity contribution in [2.75, 3.05) is 32.1 Å². The average Bonchev–Trinajstić information content (AvgIpc) is 2.84. The van der Waals surface area contributed by atoms with Crippen LogP contribution in [0.25, 0.3) is 0 Å². The van der Waals surface area contributed by atoms with Gasteiger partial charge >= 0.3 is 6.01 Å². The Labute approximate surface area is 125 Å². The van der Waals surface area contributed by atoms with E-state index in [1.165, 1.54) is 0 Å². The van der Waals surface area contributed by atoms with E-state index in [4.69, 9.17) is 9.15 Å². The predicted molar refractivity (Wildman–Crippen MR) is 78.9 cm³/mol. The van der Waals surface area contributed by atoms with Crippen molar-refractivity contribution in [3.63, 3.8) is 0 Å². The van der Waals surface area contributed by atoms with Crippen LogP contribution in [0.1, 0.15) is 33.1 Å². The first-order valence-electron chi connectivity index (χ1n) is 6.97. The van der Waals surface area contributed by atoms with Crippen LogP contribution in [-0.4, -0.2) is 48.4 Å². The molecule has 0 aliphatic carbocycles. The molecular formula is C13H25N5O3. The van der Waals surface area contributed by atoms with Gasteiger partial charge in [0.15, 0.2) is 0 Å². The summed E-state index contributed by atoms with van der Waals surface area (Å²) in [5.74, 6) is 0.464. The lowest BCUT2D eigenvalue weighted by atomic mass is 10.1. The molecule has 1 aromatic rings. The third kappa shape index (κ3) is 8.26. The Bertz CT molecular complexity index is 428. The van der Waals surface area contributed by atoms with Gasteiger partial charge in [-0.3, -0.25) is 4.79 Å². The molecule has 1 aromatic heterocycles. The van der Waals surface area contributed by atoms with Gasteiger partial charge in [0.25, 0.3) is 0 Å². The average molecular weight is 299 g/mol. The Kier molecular flexibility index (Phi) is 7.10. The van der Waals surface area contributed by atoms with Gasteiger partial charge in [0.2, 0.25) is 11.8 Å². The quantitative estimate of drug-likeness (QED) is 0.571. The summed E-state index contributed by atoms with van der Waals surface area (Å²) < 4.78 is 10.3. The number of hydrogen-bond donors (Lipinski definition) is 3. The van der Waals surface area contributed by atoms with Gasteiger partial charge < -0.3 is 25.1 Å². The van der Waals surface area contributed by atoms with Crippen LogP contribution >= 0.6 is 0 Å². The number of hydrogen-bond acceptors (Lipinski definition) is 7. The molecule has 0 fully saturated rings. The van der Waals surface area contributed by atoms with Gasteiger partial charge in [-0.2, -0.15) is 0 Å². The maximum atomic E-state index is 11.4. The Hall–Kier alpha value is -1.67. The third-order valence-corrected chi connectivity index (χ3v) is 2.49. The number of ether oxygens (including phenoxy) is 1. The topological polar surface area (TPSA) is 101 Å². The minimum absolute atomic E-state index is 0.0116. The van der Waals surface area contributed by atoms with E-state index in [0.29, 0.717) is 44.6 Å². The maximum Gasteiger partial charge on any atom is 0.315 e. The summed E-state index contributed by atoms with van der Waals surface area (Å²) in [6.07, 6.45) is 0.335. The molecule has 0 aliphatic heterocycles. The number of carbonyl (C=O) groups is 1. The largest absolute Gasteiger partial charge is 0.407 e. The molecule has 0 radical (unpaired) electrons.